The van der Waals surface area contributed by atoms with E-state index in [9.17, 15) is 5.11 Å². The van der Waals surface area contributed by atoms with Gasteiger partial charge in [-0.05, 0) is 44.9 Å². The zero-order valence-corrected chi connectivity index (χ0v) is 15.2. The van der Waals surface area contributed by atoms with Crippen LogP contribution >= 0.6 is 0 Å². The van der Waals surface area contributed by atoms with Gasteiger partial charge >= 0.3 is 0 Å². The number of hydrogen-bond acceptors (Lipinski definition) is 4. The van der Waals surface area contributed by atoms with Crippen LogP contribution in [-0.2, 0) is 4.74 Å². The van der Waals surface area contributed by atoms with Gasteiger partial charge in [0, 0.05) is 26.8 Å². The summed E-state index contributed by atoms with van der Waals surface area (Å²) >= 11 is 0. The van der Waals surface area contributed by atoms with Crippen molar-refractivity contribution in [1.82, 2.24) is 10.6 Å². The maximum atomic E-state index is 10.4. The minimum absolute atomic E-state index is 0.104. The molecule has 0 spiro atoms. The predicted octanol–water partition coefficient (Wildman–Crippen LogP) is 2.10. The summed E-state index contributed by atoms with van der Waals surface area (Å²) in [5.41, 5.74) is 0.798. The number of methoxy groups -OCH3 is 1. The first-order chi connectivity index (χ1) is 11.6. The molecule has 6 heteroatoms. The predicted molar refractivity (Wildman–Crippen MR) is 97.6 cm³/mol. The molecule has 136 valence electrons. The van der Waals surface area contributed by atoms with Crippen LogP contribution in [0.2, 0.25) is 0 Å². The van der Waals surface area contributed by atoms with Gasteiger partial charge in [0.25, 0.3) is 0 Å². The second-order valence-corrected chi connectivity index (χ2v) is 5.75. The van der Waals surface area contributed by atoms with E-state index in [0.29, 0.717) is 12.6 Å². The van der Waals surface area contributed by atoms with Gasteiger partial charge in [0.15, 0.2) is 5.96 Å². The lowest BCUT2D eigenvalue weighted by atomic mass is 10.1. The fourth-order valence-electron chi connectivity index (χ4n) is 2.12. The molecular weight excluding hydrogens is 306 g/mol. The average Bonchev–Trinajstić information content (AvgIpc) is 2.55. The second-order valence-electron chi connectivity index (χ2n) is 5.75. The molecule has 0 saturated heterocycles. The van der Waals surface area contributed by atoms with E-state index in [1.54, 1.807) is 7.11 Å². The average molecular weight is 337 g/mol. The SMILES string of the molecule is CCNC(=NCC(O)c1cccc(OC(C)C)c1)NCCCOC. The van der Waals surface area contributed by atoms with Crippen LogP contribution < -0.4 is 15.4 Å². The standard InChI is InChI=1S/C18H31N3O3/c1-5-19-18(20-10-7-11-23-4)21-13-17(22)15-8-6-9-16(12-15)24-14(2)3/h6,8-9,12,14,17,22H,5,7,10-11,13H2,1-4H3,(H2,19,20,21). The fourth-order valence-corrected chi connectivity index (χ4v) is 2.12. The number of aliphatic hydroxyl groups is 1. The van der Waals surface area contributed by atoms with Crippen LogP contribution in [-0.4, -0.2) is 50.5 Å². The number of hydrogen-bond donors (Lipinski definition) is 3. The van der Waals surface area contributed by atoms with Crippen molar-refractivity contribution >= 4 is 5.96 Å². The number of ether oxygens (including phenoxy) is 2. The van der Waals surface area contributed by atoms with E-state index in [1.165, 1.54) is 0 Å². The van der Waals surface area contributed by atoms with Gasteiger partial charge in [-0.25, -0.2) is 0 Å². The zero-order valence-electron chi connectivity index (χ0n) is 15.2. The summed E-state index contributed by atoms with van der Waals surface area (Å²) in [6.45, 7) is 8.49. The Morgan fingerprint density at radius 2 is 2.08 bits per heavy atom. The van der Waals surface area contributed by atoms with Crippen LogP contribution in [0.4, 0.5) is 0 Å². The van der Waals surface area contributed by atoms with E-state index in [0.717, 1.165) is 30.8 Å². The van der Waals surface area contributed by atoms with E-state index in [-0.39, 0.29) is 12.6 Å². The van der Waals surface area contributed by atoms with Crippen molar-refractivity contribution < 1.29 is 14.6 Å². The van der Waals surface area contributed by atoms with Gasteiger partial charge in [-0.2, -0.15) is 0 Å². The summed E-state index contributed by atoms with van der Waals surface area (Å²) in [5, 5.41) is 16.8. The number of nitrogens with zero attached hydrogens (tertiary/aromatic N) is 1. The monoisotopic (exact) mass is 337 g/mol. The summed E-state index contributed by atoms with van der Waals surface area (Å²) in [5.74, 6) is 1.46. The third-order valence-electron chi connectivity index (χ3n) is 3.20. The highest BCUT2D eigenvalue weighted by Crippen LogP contribution is 2.20. The van der Waals surface area contributed by atoms with Crippen molar-refractivity contribution in [2.45, 2.75) is 39.4 Å². The molecule has 1 rings (SSSR count). The minimum atomic E-state index is -0.671. The first kappa shape index (κ1) is 20.3. The lowest BCUT2D eigenvalue weighted by Gasteiger charge is -2.15. The molecule has 1 unspecified atom stereocenters. The van der Waals surface area contributed by atoms with Crippen molar-refractivity contribution in [3.05, 3.63) is 29.8 Å². The number of aliphatic hydroxyl groups excluding tert-OH is 1. The number of rotatable bonds is 10. The molecule has 0 radical (unpaired) electrons. The Balaban J connectivity index is 2.60. The minimum Gasteiger partial charge on any atom is -0.491 e. The third kappa shape index (κ3) is 8.17. The third-order valence-corrected chi connectivity index (χ3v) is 3.20. The van der Waals surface area contributed by atoms with Crippen LogP contribution in [0, 0.1) is 0 Å². The van der Waals surface area contributed by atoms with Crippen LogP contribution in [0.1, 0.15) is 38.9 Å². The Kier molecular flexibility index (Phi) is 9.88. The van der Waals surface area contributed by atoms with Crippen LogP contribution in [0.15, 0.2) is 29.3 Å². The quantitative estimate of drug-likeness (QED) is 0.346. The van der Waals surface area contributed by atoms with Crippen molar-refractivity contribution in [3.8, 4) is 5.75 Å². The summed E-state index contributed by atoms with van der Waals surface area (Å²) in [6, 6.07) is 7.51. The van der Waals surface area contributed by atoms with Gasteiger partial charge in [0.2, 0.25) is 0 Å². The molecule has 0 aliphatic rings. The molecule has 0 aliphatic carbocycles. The summed E-state index contributed by atoms with van der Waals surface area (Å²) in [4.78, 5) is 4.44. The Morgan fingerprint density at radius 3 is 2.75 bits per heavy atom. The zero-order chi connectivity index (χ0) is 17.8. The molecule has 0 aromatic heterocycles. The molecule has 1 aromatic rings. The number of guanidine groups is 1. The van der Waals surface area contributed by atoms with Crippen LogP contribution in [0.5, 0.6) is 5.75 Å². The smallest absolute Gasteiger partial charge is 0.191 e. The number of aliphatic imine (C=N–C) groups is 1. The van der Waals surface area contributed by atoms with Gasteiger partial charge in [-0.1, -0.05) is 12.1 Å². The summed E-state index contributed by atoms with van der Waals surface area (Å²) in [6.07, 6.45) is 0.333. The fraction of sp³-hybridized carbons (Fsp3) is 0.611. The van der Waals surface area contributed by atoms with Crippen molar-refractivity contribution in [2.24, 2.45) is 4.99 Å². The molecule has 0 amide bonds. The van der Waals surface area contributed by atoms with E-state index in [2.05, 4.69) is 15.6 Å². The Bertz CT molecular complexity index is 492. The summed E-state index contributed by atoms with van der Waals surface area (Å²) in [7, 11) is 1.69. The highest BCUT2D eigenvalue weighted by atomic mass is 16.5. The Hall–Kier alpha value is -1.79. The molecule has 0 aliphatic heterocycles. The first-order valence-electron chi connectivity index (χ1n) is 8.52. The maximum Gasteiger partial charge on any atom is 0.191 e. The first-order valence-corrected chi connectivity index (χ1v) is 8.52. The van der Waals surface area contributed by atoms with Gasteiger partial charge in [-0.15, -0.1) is 0 Å². The largest absolute Gasteiger partial charge is 0.491 e. The lowest BCUT2D eigenvalue weighted by Crippen LogP contribution is -2.38. The molecule has 0 bridgehead atoms. The molecule has 3 N–H and O–H groups in total. The second kappa shape index (κ2) is 11.7. The van der Waals surface area contributed by atoms with Gasteiger partial charge in [0.05, 0.1) is 18.8 Å². The van der Waals surface area contributed by atoms with Crippen molar-refractivity contribution in [1.29, 1.82) is 0 Å². The molecule has 24 heavy (non-hydrogen) atoms. The van der Waals surface area contributed by atoms with E-state index < -0.39 is 6.10 Å². The van der Waals surface area contributed by atoms with Crippen LogP contribution in [0.25, 0.3) is 0 Å². The van der Waals surface area contributed by atoms with Crippen molar-refractivity contribution in [2.75, 3.05) is 33.4 Å². The van der Waals surface area contributed by atoms with Gasteiger partial charge < -0.3 is 25.2 Å². The van der Waals surface area contributed by atoms with Crippen molar-refractivity contribution in [3.63, 3.8) is 0 Å². The molecule has 0 saturated carbocycles. The molecule has 1 aromatic carbocycles. The van der Waals surface area contributed by atoms with E-state index in [4.69, 9.17) is 9.47 Å². The van der Waals surface area contributed by atoms with E-state index in [1.807, 2.05) is 45.0 Å². The molecule has 1 atom stereocenters. The number of nitrogens with one attached hydrogen (secondary N) is 2. The highest BCUT2D eigenvalue weighted by molar-refractivity contribution is 5.79. The molecule has 0 heterocycles. The molecule has 0 fully saturated rings. The molecular formula is C18H31N3O3. The highest BCUT2D eigenvalue weighted by Gasteiger charge is 2.09. The summed E-state index contributed by atoms with van der Waals surface area (Å²) < 4.78 is 10.7. The topological polar surface area (TPSA) is 75.1 Å². The van der Waals surface area contributed by atoms with Gasteiger partial charge in [0.1, 0.15) is 5.75 Å². The lowest BCUT2D eigenvalue weighted by molar-refractivity contribution is 0.185. The van der Waals surface area contributed by atoms with E-state index >= 15 is 0 Å². The Labute approximate surface area is 145 Å². The van der Waals surface area contributed by atoms with Crippen LogP contribution in [0.3, 0.4) is 0 Å². The number of benzene rings is 1. The maximum absolute atomic E-state index is 10.4. The Morgan fingerprint density at radius 1 is 1.29 bits per heavy atom. The molecule has 6 nitrogen and oxygen atoms in total. The van der Waals surface area contributed by atoms with Gasteiger partial charge in [-0.3, -0.25) is 4.99 Å². The normalized spacial score (nSPS) is 13.0.